The first-order valence-electron chi connectivity index (χ1n) is 8.27. The van der Waals surface area contributed by atoms with E-state index in [1.54, 1.807) is 0 Å². The van der Waals surface area contributed by atoms with E-state index >= 15 is 0 Å². The summed E-state index contributed by atoms with van der Waals surface area (Å²) in [6, 6.07) is 11.9. The molecule has 1 aromatic carbocycles. The van der Waals surface area contributed by atoms with Crippen molar-refractivity contribution >= 4 is 0 Å². The van der Waals surface area contributed by atoms with Crippen LogP contribution in [0.2, 0.25) is 0 Å². The Kier molecular flexibility index (Phi) is 3.72. The highest BCUT2D eigenvalue weighted by molar-refractivity contribution is 5.59. The van der Waals surface area contributed by atoms with Crippen molar-refractivity contribution < 1.29 is 4.52 Å². The topological polar surface area (TPSA) is 41.3 Å². The minimum atomic E-state index is 0.659. The molecule has 1 aromatic heterocycles. The molecule has 22 heavy (non-hydrogen) atoms. The predicted octanol–water partition coefficient (Wildman–Crippen LogP) is 2.98. The number of fused-ring (bicyclic) bond motifs is 2. The van der Waals surface area contributed by atoms with Crippen LogP contribution in [0, 0.1) is 6.92 Å². The van der Waals surface area contributed by atoms with Gasteiger partial charge in [0.1, 0.15) is 5.69 Å². The number of nitrogens with zero attached hydrogens (tertiary/aromatic N) is 2. The quantitative estimate of drug-likeness (QED) is 0.945. The van der Waals surface area contributed by atoms with Crippen LogP contribution in [0.3, 0.4) is 0 Å². The molecule has 0 spiro atoms. The summed E-state index contributed by atoms with van der Waals surface area (Å²) < 4.78 is 5.56. The Balaban J connectivity index is 1.44. The summed E-state index contributed by atoms with van der Waals surface area (Å²) in [4.78, 5) is 2.50. The number of hydrogen-bond donors (Lipinski definition) is 1. The Morgan fingerprint density at radius 2 is 2.00 bits per heavy atom. The zero-order valence-electron chi connectivity index (χ0n) is 13.1. The zero-order chi connectivity index (χ0) is 14.9. The number of aromatic nitrogens is 1. The van der Waals surface area contributed by atoms with Crippen molar-refractivity contribution in [1.82, 2.24) is 15.4 Å². The number of rotatable bonds is 3. The fraction of sp³-hybridized carbons (Fsp3) is 0.500. The Morgan fingerprint density at radius 1 is 1.18 bits per heavy atom. The first-order chi connectivity index (χ1) is 10.8. The Morgan fingerprint density at radius 3 is 2.86 bits per heavy atom. The molecule has 2 aromatic rings. The van der Waals surface area contributed by atoms with Crippen molar-refractivity contribution in [3.8, 4) is 11.3 Å². The second-order valence-corrected chi connectivity index (χ2v) is 6.71. The van der Waals surface area contributed by atoms with Gasteiger partial charge in [0, 0.05) is 36.8 Å². The summed E-state index contributed by atoms with van der Waals surface area (Å²) in [5.74, 6) is 0.966. The molecular formula is C18H23N3O. The maximum atomic E-state index is 5.56. The number of nitrogens with one attached hydrogen (secondary N) is 1. The van der Waals surface area contributed by atoms with Gasteiger partial charge in [-0.2, -0.15) is 0 Å². The van der Waals surface area contributed by atoms with Gasteiger partial charge in [-0.3, -0.25) is 4.90 Å². The molecule has 2 atom stereocenters. The molecule has 0 amide bonds. The average Bonchev–Trinajstić information content (AvgIpc) is 3.09. The molecule has 2 aliphatic rings. The van der Waals surface area contributed by atoms with Gasteiger partial charge in [-0.05, 0) is 26.2 Å². The van der Waals surface area contributed by atoms with Gasteiger partial charge in [0.25, 0.3) is 0 Å². The van der Waals surface area contributed by atoms with E-state index in [-0.39, 0.29) is 0 Å². The Bertz CT molecular complexity index is 634. The molecule has 2 aliphatic heterocycles. The maximum absolute atomic E-state index is 5.56. The highest BCUT2D eigenvalue weighted by atomic mass is 16.5. The molecule has 3 heterocycles. The van der Waals surface area contributed by atoms with Gasteiger partial charge >= 0.3 is 0 Å². The van der Waals surface area contributed by atoms with Crippen LogP contribution in [-0.4, -0.2) is 35.2 Å². The standard InChI is InChI=1S/C18H23N3O/c1-13-2-4-14(5-3-13)18-10-17(22-20-18)12-21-9-8-15-6-7-16(11-21)19-15/h2-5,10,15-16,19H,6-9,11-12H2,1H3. The largest absolute Gasteiger partial charge is 0.359 e. The second-order valence-electron chi connectivity index (χ2n) is 6.71. The van der Waals surface area contributed by atoms with E-state index in [0.29, 0.717) is 6.04 Å². The van der Waals surface area contributed by atoms with Crippen LogP contribution < -0.4 is 5.32 Å². The molecule has 116 valence electrons. The molecule has 0 saturated carbocycles. The van der Waals surface area contributed by atoms with Gasteiger partial charge in [0.2, 0.25) is 0 Å². The minimum Gasteiger partial charge on any atom is -0.359 e. The lowest BCUT2D eigenvalue weighted by atomic mass is 10.1. The van der Waals surface area contributed by atoms with Crippen LogP contribution in [0.25, 0.3) is 11.3 Å². The van der Waals surface area contributed by atoms with E-state index in [1.807, 2.05) is 0 Å². The Labute approximate surface area is 131 Å². The van der Waals surface area contributed by atoms with Crippen molar-refractivity contribution in [1.29, 1.82) is 0 Å². The van der Waals surface area contributed by atoms with Crippen LogP contribution in [0.1, 0.15) is 30.6 Å². The number of hydrogen-bond acceptors (Lipinski definition) is 4. The Hall–Kier alpha value is -1.65. The third-order valence-corrected chi connectivity index (χ3v) is 4.89. The van der Waals surface area contributed by atoms with Crippen LogP contribution in [0.4, 0.5) is 0 Å². The molecule has 2 saturated heterocycles. The molecule has 0 aliphatic carbocycles. The van der Waals surface area contributed by atoms with E-state index in [9.17, 15) is 0 Å². The predicted molar refractivity (Wildman–Crippen MR) is 86.5 cm³/mol. The molecule has 4 heteroatoms. The van der Waals surface area contributed by atoms with E-state index in [0.717, 1.165) is 42.7 Å². The van der Waals surface area contributed by atoms with Gasteiger partial charge in [-0.1, -0.05) is 35.0 Å². The van der Waals surface area contributed by atoms with E-state index < -0.39 is 0 Å². The smallest absolute Gasteiger partial charge is 0.151 e. The average molecular weight is 297 g/mol. The molecular weight excluding hydrogens is 274 g/mol. The van der Waals surface area contributed by atoms with E-state index in [1.165, 1.54) is 24.8 Å². The second kappa shape index (κ2) is 5.86. The van der Waals surface area contributed by atoms with Crippen LogP contribution in [0.15, 0.2) is 34.9 Å². The van der Waals surface area contributed by atoms with Crippen LogP contribution in [0.5, 0.6) is 0 Å². The van der Waals surface area contributed by atoms with Crippen molar-refractivity contribution in [3.05, 3.63) is 41.7 Å². The van der Waals surface area contributed by atoms with Crippen LogP contribution in [-0.2, 0) is 6.54 Å². The first-order valence-corrected chi connectivity index (χ1v) is 8.27. The molecule has 4 nitrogen and oxygen atoms in total. The molecule has 2 unspecified atom stereocenters. The molecule has 2 fully saturated rings. The van der Waals surface area contributed by atoms with Crippen molar-refractivity contribution in [3.63, 3.8) is 0 Å². The monoisotopic (exact) mass is 297 g/mol. The van der Waals surface area contributed by atoms with Gasteiger partial charge < -0.3 is 9.84 Å². The molecule has 2 bridgehead atoms. The van der Waals surface area contributed by atoms with Gasteiger partial charge in [-0.25, -0.2) is 0 Å². The third-order valence-electron chi connectivity index (χ3n) is 4.89. The fourth-order valence-corrected chi connectivity index (χ4v) is 3.63. The summed E-state index contributed by atoms with van der Waals surface area (Å²) >= 11 is 0. The summed E-state index contributed by atoms with van der Waals surface area (Å²) in [5.41, 5.74) is 3.32. The number of aryl methyl sites for hydroxylation is 1. The van der Waals surface area contributed by atoms with E-state index in [4.69, 9.17) is 4.52 Å². The normalized spacial score (nSPS) is 25.3. The van der Waals surface area contributed by atoms with Gasteiger partial charge in [0.05, 0.1) is 6.54 Å². The minimum absolute atomic E-state index is 0.659. The lowest BCUT2D eigenvalue weighted by molar-refractivity contribution is 0.221. The molecule has 4 rings (SSSR count). The lowest BCUT2D eigenvalue weighted by Crippen LogP contribution is -2.34. The van der Waals surface area contributed by atoms with Gasteiger partial charge in [-0.15, -0.1) is 0 Å². The first kappa shape index (κ1) is 14.0. The SMILES string of the molecule is Cc1ccc(-c2cc(CN3CCC4CCC(C3)N4)on2)cc1. The third kappa shape index (κ3) is 2.94. The van der Waals surface area contributed by atoms with Crippen molar-refractivity contribution in [2.75, 3.05) is 13.1 Å². The van der Waals surface area contributed by atoms with Gasteiger partial charge in [0.15, 0.2) is 5.76 Å². The van der Waals surface area contributed by atoms with Crippen molar-refractivity contribution in [2.24, 2.45) is 0 Å². The summed E-state index contributed by atoms with van der Waals surface area (Å²) in [7, 11) is 0. The highest BCUT2D eigenvalue weighted by Gasteiger charge is 2.29. The lowest BCUT2D eigenvalue weighted by Gasteiger charge is -2.22. The number of benzene rings is 1. The maximum Gasteiger partial charge on any atom is 0.151 e. The summed E-state index contributed by atoms with van der Waals surface area (Å²) in [6.07, 6.45) is 3.90. The highest BCUT2D eigenvalue weighted by Crippen LogP contribution is 2.23. The molecule has 1 N–H and O–H groups in total. The number of likely N-dealkylation sites (tertiary alicyclic amines) is 1. The fourth-order valence-electron chi connectivity index (χ4n) is 3.63. The van der Waals surface area contributed by atoms with E-state index in [2.05, 4.69) is 52.6 Å². The summed E-state index contributed by atoms with van der Waals surface area (Å²) in [5, 5.41) is 7.95. The summed E-state index contributed by atoms with van der Waals surface area (Å²) in [6.45, 7) is 5.23. The van der Waals surface area contributed by atoms with Crippen molar-refractivity contribution in [2.45, 2.75) is 44.8 Å². The zero-order valence-corrected chi connectivity index (χ0v) is 13.1. The van der Waals surface area contributed by atoms with Crippen LogP contribution >= 0.6 is 0 Å². The molecule has 0 radical (unpaired) electrons.